The number of hydrogen-bond acceptors (Lipinski definition) is 2. The predicted molar refractivity (Wildman–Crippen MR) is 79.6 cm³/mol. The third-order valence-corrected chi connectivity index (χ3v) is 4.13. The number of piperidine rings is 1. The van der Waals surface area contributed by atoms with Gasteiger partial charge in [-0.25, -0.2) is 0 Å². The van der Waals surface area contributed by atoms with Crippen LogP contribution in [-0.4, -0.2) is 29.1 Å². The molecule has 0 amide bonds. The molecule has 3 nitrogen and oxygen atoms in total. The van der Waals surface area contributed by atoms with Crippen molar-refractivity contribution in [1.82, 2.24) is 4.90 Å². The van der Waals surface area contributed by atoms with Gasteiger partial charge in [0.25, 0.3) is 0 Å². The van der Waals surface area contributed by atoms with E-state index in [0.717, 1.165) is 25.9 Å². The van der Waals surface area contributed by atoms with Gasteiger partial charge in [0.1, 0.15) is 0 Å². The normalized spacial score (nSPS) is 20.1. The maximum atomic E-state index is 11.1. The molecule has 3 heteroatoms. The van der Waals surface area contributed by atoms with Crippen molar-refractivity contribution in [3.05, 3.63) is 48.0 Å². The summed E-state index contributed by atoms with van der Waals surface area (Å²) in [7, 11) is 0. The molecule has 0 saturated carbocycles. The fourth-order valence-electron chi connectivity index (χ4n) is 3.07. The van der Waals surface area contributed by atoms with Crippen molar-refractivity contribution in [1.29, 1.82) is 0 Å². The van der Waals surface area contributed by atoms with E-state index in [1.165, 1.54) is 16.3 Å². The monoisotopic (exact) mass is 269 g/mol. The van der Waals surface area contributed by atoms with Gasteiger partial charge < -0.3 is 5.11 Å². The standard InChI is InChI=1S/C17H19NO2/c19-17(20)15-8-4-10-18(12-15)11-14-7-3-6-13-5-1-2-9-16(13)14/h1-3,5-7,9,15H,4,8,10-12H2,(H,19,20). The van der Waals surface area contributed by atoms with Crippen LogP contribution in [0, 0.1) is 5.92 Å². The fourth-order valence-corrected chi connectivity index (χ4v) is 3.07. The van der Waals surface area contributed by atoms with Crippen molar-refractivity contribution in [2.75, 3.05) is 13.1 Å². The zero-order chi connectivity index (χ0) is 13.9. The number of benzene rings is 2. The average Bonchev–Trinajstić information content (AvgIpc) is 2.48. The van der Waals surface area contributed by atoms with Crippen molar-refractivity contribution in [2.24, 2.45) is 5.92 Å². The van der Waals surface area contributed by atoms with Crippen molar-refractivity contribution in [2.45, 2.75) is 19.4 Å². The third kappa shape index (κ3) is 2.68. The first kappa shape index (κ1) is 13.1. The maximum Gasteiger partial charge on any atom is 0.307 e. The summed E-state index contributed by atoms with van der Waals surface area (Å²) in [4.78, 5) is 13.4. The summed E-state index contributed by atoms with van der Waals surface area (Å²) < 4.78 is 0. The zero-order valence-electron chi connectivity index (χ0n) is 11.5. The van der Waals surface area contributed by atoms with E-state index in [1.54, 1.807) is 0 Å². The van der Waals surface area contributed by atoms with Crippen molar-refractivity contribution in [3.8, 4) is 0 Å². The molecule has 1 N–H and O–H groups in total. The Kier molecular flexibility index (Phi) is 3.70. The molecule has 1 aliphatic heterocycles. The highest BCUT2D eigenvalue weighted by molar-refractivity contribution is 5.85. The van der Waals surface area contributed by atoms with Crippen LogP contribution in [0.15, 0.2) is 42.5 Å². The molecule has 104 valence electrons. The van der Waals surface area contributed by atoms with Crippen LogP contribution in [0.25, 0.3) is 10.8 Å². The van der Waals surface area contributed by atoms with Gasteiger partial charge in [0, 0.05) is 13.1 Å². The van der Waals surface area contributed by atoms with Crippen LogP contribution in [-0.2, 0) is 11.3 Å². The summed E-state index contributed by atoms with van der Waals surface area (Å²) in [6, 6.07) is 14.7. The van der Waals surface area contributed by atoms with Gasteiger partial charge in [-0.2, -0.15) is 0 Å². The minimum Gasteiger partial charge on any atom is -0.481 e. The fraction of sp³-hybridized carbons (Fsp3) is 0.353. The minimum absolute atomic E-state index is 0.210. The molecule has 0 spiro atoms. The van der Waals surface area contributed by atoms with E-state index in [2.05, 4.69) is 41.3 Å². The first-order valence-electron chi connectivity index (χ1n) is 7.16. The summed E-state index contributed by atoms with van der Waals surface area (Å²) in [5, 5.41) is 11.7. The lowest BCUT2D eigenvalue weighted by atomic mass is 9.97. The van der Waals surface area contributed by atoms with Gasteiger partial charge in [0.15, 0.2) is 0 Å². The van der Waals surface area contributed by atoms with E-state index in [-0.39, 0.29) is 5.92 Å². The Hall–Kier alpha value is -1.87. The first-order valence-corrected chi connectivity index (χ1v) is 7.16. The lowest BCUT2D eigenvalue weighted by Gasteiger charge is -2.30. The molecular weight excluding hydrogens is 250 g/mol. The Labute approximate surface area is 118 Å². The molecule has 1 unspecified atom stereocenters. The van der Waals surface area contributed by atoms with Crippen LogP contribution >= 0.6 is 0 Å². The molecule has 0 aromatic heterocycles. The summed E-state index contributed by atoms with van der Waals surface area (Å²) >= 11 is 0. The molecule has 20 heavy (non-hydrogen) atoms. The topological polar surface area (TPSA) is 40.5 Å². The van der Waals surface area contributed by atoms with Crippen LogP contribution in [0.1, 0.15) is 18.4 Å². The zero-order valence-corrected chi connectivity index (χ0v) is 11.5. The average molecular weight is 269 g/mol. The highest BCUT2D eigenvalue weighted by atomic mass is 16.4. The molecule has 2 aromatic carbocycles. The molecule has 2 aromatic rings. The Bertz CT molecular complexity index is 618. The maximum absolute atomic E-state index is 11.1. The second-order valence-electron chi connectivity index (χ2n) is 5.55. The van der Waals surface area contributed by atoms with Gasteiger partial charge in [-0.15, -0.1) is 0 Å². The molecular formula is C17H19NO2. The molecule has 1 heterocycles. The quantitative estimate of drug-likeness (QED) is 0.930. The van der Waals surface area contributed by atoms with Crippen LogP contribution < -0.4 is 0 Å². The molecule has 1 saturated heterocycles. The van der Waals surface area contributed by atoms with Crippen LogP contribution in [0.3, 0.4) is 0 Å². The van der Waals surface area contributed by atoms with Crippen LogP contribution in [0.2, 0.25) is 0 Å². The van der Waals surface area contributed by atoms with E-state index in [9.17, 15) is 4.79 Å². The highest BCUT2D eigenvalue weighted by Crippen LogP contribution is 2.23. The van der Waals surface area contributed by atoms with Crippen molar-refractivity contribution < 1.29 is 9.90 Å². The van der Waals surface area contributed by atoms with Gasteiger partial charge in [0.2, 0.25) is 0 Å². The van der Waals surface area contributed by atoms with E-state index in [4.69, 9.17) is 5.11 Å². The van der Waals surface area contributed by atoms with Crippen LogP contribution in [0.5, 0.6) is 0 Å². The molecule has 3 rings (SSSR count). The van der Waals surface area contributed by atoms with Gasteiger partial charge in [0.05, 0.1) is 5.92 Å². The highest BCUT2D eigenvalue weighted by Gasteiger charge is 2.25. The Morgan fingerprint density at radius 2 is 2.00 bits per heavy atom. The lowest BCUT2D eigenvalue weighted by Crippen LogP contribution is -2.38. The van der Waals surface area contributed by atoms with Gasteiger partial charge in [-0.05, 0) is 35.7 Å². The molecule has 0 aliphatic carbocycles. The summed E-state index contributed by atoms with van der Waals surface area (Å²) in [6.07, 6.45) is 1.78. The second-order valence-corrected chi connectivity index (χ2v) is 5.55. The van der Waals surface area contributed by atoms with E-state index in [0.29, 0.717) is 6.54 Å². The molecule has 1 atom stereocenters. The molecule has 1 aliphatic rings. The summed E-state index contributed by atoms with van der Waals surface area (Å²) in [5.41, 5.74) is 1.29. The SMILES string of the molecule is O=C(O)C1CCCN(Cc2cccc3ccccc23)C1. The number of carboxylic acids is 1. The lowest BCUT2D eigenvalue weighted by molar-refractivity contribution is -0.143. The molecule has 1 fully saturated rings. The smallest absolute Gasteiger partial charge is 0.307 e. The molecule has 0 radical (unpaired) electrons. The Morgan fingerprint density at radius 3 is 2.85 bits per heavy atom. The van der Waals surface area contributed by atoms with Crippen LogP contribution in [0.4, 0.5) is 0 Å². The minimum atomic E-state index is -0.660. The number of likely N-dealkylation sites (tertiary alicyclic amines) is 1. The molecule has 0 bridgehead atoms. The van der Waals surface area contributed by atoms with Gasteiger partial charge in [-0.3, -0.25) is 9.69 Å². The second kappa shape index (κ2) is 5.63. The number of nitrogens with zero attached hydrogens (tertiary/aromatic N) is 1. The summed E-state index contributed by atoms with van der Waals surface area (Å²) in [6.45, 7) is 2.50. The number of carbonyl (C=O) groups is 1. The Morgan fingerprint density at radius 1 is 1.20 bits per heavy atom. The van der Waals surface area contributed by atoms with E-state index < -0.39 is 5.97 Å². The van der Waals surface area contributed by atoms with E-state index >= 15 is 0 Å². The predicted octanol–water partition coefficient (Wildman–Crippen LogP) is 3.14. The number of fused-ring (bicyclic) bond motifs is 1. The third-order valence-electron chi connectivity index (χ3n) is 4.13. The van der Waals surface area contributed by atoms with Gasteiger partial charge >= 0.3 is 5.97 Å². The van der Waals surface area contributed by atoms with Crippen molar-refractivity contribution >= 4 is 16.7 Å². The number of hydrogen-bond donors (Lipinski definition) is 1. The Balaban J connectivity index is 1.81. The van der Waals surface area contributed by atoms with Gasteiger partial charge in [-0.1, -0.05) is 42.5 Å². The largest absolute Gasteiger partial charge is 0.481 e. The van der Waals surface area contributed by atoms with E-state index in [1.807, 2.05) is 6.07 Å². The number of aliphatic carboxylic acids is 1. The van der Waals surface area contributed by atoms with Crippen molar-refractivity contribution in [3.63, 3.8) is 0 Å². The number of rotatable bonds is 3. The first-order chi connectivity index (χ1) is 9.74. The summed E-state index contributed by atoms with van der Waals surface area (Å²) in [5.74, 6) is -0.869. The number of carboxylic acid groups (broad SMARTS) is 1.